The largest absolute Gasteiger partial charge is 3.00 e. The van der Waals surface area contributed by atoms with Gasteiger partial charge in [-0.3, -0.25) is 6.08 Å². The molecule has 0 amide bonds. The molecule has 0 aliphatic heterocycles. The van der Waals surface area contributed by atoms with E-state index in [0.29, 0.717) is 5.92 Å². The Labute approximate surface area is 234 Å². The van der Waals surface area contributed by atoms with E-state index in [2.05, 4.69) is 88.4 Å². The molecule has 0 saturated heterocycles. The molecule has 0 spiro atoms. The van der Waals surface area contributed by atoms with Crippen molar-refractivity contribution in [1.82, 2.24) is 0 Å². The van der Waals surface area contributed by atoms with E-state index in [0.717, 1.165) is 12.8 Å². The summed E-state index contributed by atoms with van der Waals surface area (Å²) in [7, 11) is 0. The number of rotatable bonds is 4. The number of hydrogen-bond acceptors (Lipinski definition) is 0. The Morgan fingerprint density at radius 3 is 2.00 bits per heavy atom. The maximum Gasteiger partial charge on any atom is 3.00 e. The predicted octanol–water partition coefficient (Wildman–Crippen LogP) is 8.08. The Hall–Kier alpha value is -0.400. The van der Waals surface area contributed by atoms with Crippen molar-refractivity contribution in [3.63, 3.8) is 0 Å². The van der Waals surface area contributed by atoms with Crippen molar-refractivity contribution in [1.29, 1.82) is 0 Å². The molecule has 0 saturated carbocycles. The molecule has 0 N–H and O–H groups in total. The first-order valence-electron chi connectivity index (χ1n) is 10.5. The monoisotopic (exact) mass is 566 g/mol. The fourth-order valence-corrected chi connectivity index (χ4v) is 3.31. The van der Waals surface area contributed by atoms with Gasteiger partial charge in [-0.15, -0.1) is 36.8 Å². The molecule has 176 valence electrons. The van der Waals surface area contributed by atoms with Crippen molar-refractivity contribution < 1.29 is 26.2 Å². The zero-order valence-corrected chi connectivity index (χ0v) is 26.9. The maximum atomic E-state index is 3.30. The molecule has 0 heterocycles. The van der Waals surface area contributed by atoms with Gasteiger partial charge in [0.15, 0.2) is 0 Å². The molecular formula is C28H42Cl2SiZr. The molecule has 0 unspecified atom stereocenters. The van der Waals surface area contributed by atoms with E-state index < -0.39 is 0 Å². The van der Waals surface area contributed by atoms with Crippen molar-refractivity contribution in [3.05, 3.63) is 90.9 Å². The third-order valence-electron chi connectivity index (χ3n) is 4.96. The molecule has 32 heavy (non-hydrogen) atoms. The number of hydrogen-bond donors (Lipinski definition) is 0. The van der Waals surface area contributed by atoms with Gasteiger partial charge in [0.25, 0.3) is 0 Å². The minimum absolute atomic E-state index is 0. The van der Waals surface area contributed by atoms with E-state index in [-0.39, 0.29) is 69.4 Å². The van der Waals surface area contributed by atoms with Crippen LogP contribution in [0.5, 0.6) is 0 Å². The van der Waals surface area contributed by atoms with Gasteiger partial charge in [-0.05, 0) is 17.4 Å². The molecule has 2 radical (unpaired) electrons. The van der Waals surface area contributed by atoms with Crippen molar-refractivity contribution in [2.75, 3.05) is 0 Å². The van der Waals surface area contributed by atoms with Crippen LogP contribution in [0.1, 0.15) is 70.9 Å². The van der Waals surface area contributed by atoms with Crippen LogP contribution in [0.2, 0.25) is 0 Å². The summed E-state index contributed by atoms with van der Waals surface area (Å²) >= 11 is 0. The minimum atomic E-state index is 0. The summed E-state index contributed by atoms with van der Waals surface area (Å²) in [5, 5.41) is 0. The quantitative estimate of drug-likeness (QED) is 0.170. The first-order chi connectivity index (χ1) is 13.2. The second-order valence-corrected chi connectivity index (χ2v) is 7.51. The molecule has 0 nitrogen and oxygen atoms in total. The van der Waals surface area contributed by atoms with Crippen LogP contribution in [0.4, 0.5) is 0 Å². The van der Waals surface area contributed by atoms with Gasteiger partial charge in [0, 0.05) is 0 Å². The second-order valence-electron chi connectivity index (χ2n) is 7.51. The van der Waals surface area contributed by atoms with Gasteiger partial charge in [-0.2, -0.15) is 41.5 Å². The van der Waals surface area contributed by atoms with Gasteiger partial charge < -0.3 is 7.43 Å². The molecule has 2 aromatic carbocycles. The van der Waals surface area contributed by atoms with E-state index in [1.54, 1.807) is 0 Å². The zero-order chi connectivity index (χ0) is 19.5. The molecular weight excluding hydrogens is 527 g/mol. The molecule has 0 bridgehead atoms. The Morgan fingerprint density at radius 1 is 0.906 bits per heavy atom. The van der Waals surface area contributed by atoms with Crippen LogP contribution < -0.4 is 0 Å². The molecule has 4 heteroatoms. The average molecular weight is 569 g/mol. The van der Waals surface area contributed by atoms with E-state index in [1.165, 1.54) is 53.5 Å². The van der Waals surface area contributed by atoms with Gasteiger partial charge in [0.2, 0.25) is 0 Å². The number of halogens is 2. The van der Waals surface area contributed by atoms with E-state index in [1.807, 2.05) is 6.07 Å². The van der Waals surface area contributed by atoms with Crippen molar-refractivity contribution in [2.45, 2.75) is 66.2 Å². The first kappa shape index (κ1) is 38.8. The number of unbranched alkanes of at least 4 members (excludes halogenated alkanes) is 3. The normalized spacial score (nSPS) is 11.1. The Balaban J connectivity index is -0.000000184. The fourth-order valence-electron chi connectivity index (χ4n) is 3.31. The van der Waals surface area contributed by atoms with Crippen LogP contribution in [-0.2, 0) is 32.6 Å². The summed E-state index contributed by atoms with van der Waals surface area (Å²) < 4.78 is 0. The van der Waals surface area contributed by atoms with Gasteiger partial charge in [0.1, 0.15) is 0 Å². The summed E-state index contributed by atoms with van der Waals surface area (Å²) in [5.41, 5.74) is 6.95. The second kappa shape index (κ2) is 22.4. The van der Waals surface area contributed by atoms with Crippen LogP contribution in [-0.4, -0.2) is 11.0 Å². The summed E-state index contributed by atoms with van der Waals surface area (Å²) in [6.45, 7) is 8.87. The first-order valence-corrected chi connectivity index (χ1v) is 10.5. The smallest absolute Gasteiger partial charge is 0.358 e. The molecule has 4 rings (SSSR count). The summed E-state index contributed by atoms with van der Waals surface area (Å²) in [6, 6.07) is 18.1. The Morgan fingerprint density at radius 2 is 1.50 bits per heavy atom. The van der Waals surface area contributed by atoms with E-state index >= 15 is 0 Å². The molecule has 0 fully saturated rings. The molecule has 2 aromatic rings. The molecule has 2 aliphatic rings. The van der Waals surface area contributed by atoms with Crippen LogP contribution in [0.3, 0.4) is 0 Å². The number of benzene rings is 2. The summed E-state index contributed by atoms with van der Waals surface area (Å²) in [4.78, 5) is 0. The number of allylic oxidation sites excluding steroid dienone is 4. The topological polar surface area (TPSA) is 0 Å². The molecule has 0 aromatic heterocycles. The fraction of sp³-hybridized carbons (Fsp3) is 0.393. The molecule has 2 aliphatic carbocycles. The van der Waals surface area contributed by atoms with E-state index in [9.17, 15) is 0 Å². The van der Waals surface area contributed by atoms with Gasteiger partial charge in [0.05, 0.1) is 0 Å². The SMILES string of the molecule is CC(C)C1=CC[C-]=C1.CCCCCC.Cl.Cl.[CH3-].[SiH3].[Zr+3].[c-]1cccc2c1Cc1ccccc1-2. The van der Waals surface area contributed by atoms with Crippen LogP contribution in [0, 0.1) is 25.5 Å². The zero-order valence-electron chi connectivity index (χ0n) is 20.8. The third kappa shape index (κ3) is 12.7. The van der Waals surface area contributed by atoms with E-state index in [4.69, 9.17) is 0 Å². The van der Waals surface area contributed by atoms with Gasteiger partial charge >= 0.3 is 26.2 Å². The van der Waals surface area contributed by atoms with Gasteiger partial charge in [-0.25, -0.2) is 6.08 Å². The third-order valence-corrected chi connectivity index (χ3v) is 4.96. The standard InChI is InChI=1S/C13H9.C8H11.C6H14.CH3.2ClH.H3Si.Zr/c1-3-7-12-10(5-1)9-11-6-2-4-8-13(11)12;1-7(2)8-5-3-4-6-8;1-3-5-6-4-2;;;;;/h1-5,7-8H,9H2;5-7H,3H2,1-2H3;3-6H2,1-2H3;1H3;2*1H;1H3;/q2*-1;;-1;;;;+3. The summed E-state index contributed by atoms with van der Waals surface area (Å²) in [5.74, 6) is 0.685. The Kier molecular flexibility index (Phi) is 27.2. The molecule has 0 atom stereocenters. The minimum Gasteiger partial charge on any atom is -0.358 e. The van der Waals surface area contributed by atoms with Crippen LogP contribution in [0.15, 0.2) is 60.2 Å². The average Bonchev–Trinajstić information content (AvgIpc) is 3.35. The van der Waals surface area contributed by atoms with Crippen LogP contribution in [0.25, 0.3) is 11.1 Å². The summed E-state index contributed by atoms with van der Waals surface area (Å²) in [6.07, 6.45) is 15.1. The maximum absolute atomic E-state index is 3.30. The van der Waals surface area contributed by atoms with Crippen molar-refractivity contribution in [3.8, 4) is 11.1 Å². The van der Waals surface area contributed by atoms with Crippen LogP contribution >= 0.6 is 24.8 Å². The number of fused-ring (bicyclic) bond motifs is 3. The predicted molar refractivity (Wildman–Crippen MR) is 150 cm³/mol. The Bertz CT molecular complexity index is 722. The van der Waals surface area contributed by atoms with Gasteiger partial charge in [-0.1, -0.05) is 94.7 Å². The van der Waals surface area contributed by atoms with Crippen molar-refractivity contribution in [2.24, 2.45) is 5.92 Å². The van der Waals surface area contributed by atoms with Crippen molar-refractivity contribution >= 4 is 35.8 Å².